The highest BCUT2D eigenvalue weighted by atomic mass is 31.2. The summed E-state index contributed by atoms with van der Waals surface area (Å²) in [5.74, 6) is -0.607. The summed E-state index contributed by atoms with van der Waals surface area (Å²) in [5, 5.41) is 5.49. The number of hydrogen-bond donors (Lipinski definition) is 3. The lowest BCUT2D eigenvalue weighted by Crippen LogP contribution is -2.54. The molecule has 3 N–H and O–H groups in total. The highest BCUT2D eigenvalue weighted by Gasteiger charge is 2.36. The van der Waals surface area contributed by atoms with Crippen LogP contribution in [0.3, 0.4) is 0 Å². The van der Waals surface area contributed by atoms with Crippen molar-refractivity contribution in [3.8, 4) is 5.75 Å². The summed E-state index contributed by atoms with van der Waals surface area (Å²) in [6.07, 6.45) is 1.50. The monoisotopic (exact) mass is 578 g/mol. The summed E-state index contributed by atoms with van der Waals surface area (Å²) in [5.41, 5.74) is 3.45. The lowest BCUT2D eigenvalue weighted by molar-refractivity contribution is -0.133. The van der Waals surface area contributed by atoms with Gasteiger partial charge in [-0.15, -0.1) is 0 Å². The average molecular weight is 579 g/mol. The van der Waals surface area contributed by atoms with Crippen LogP contribution < -0.4 is 15.4 Å². The zero-order valence-corrected chi connectivity index (χ0v) is 25.6. The van der Waals surface area contributed by atoms with E-state index < -0.39 is 24.7 Å². The maximum Gasteiger partial charge on any atom is 0.242 e. The molecule has 0 fully saturated rings. The van der Waals surface area contributed by atoms with Gasteiger partial charge in [-0.05, 0) is 59.1 Å². The van der Waals surface area contributed by atoms with Crippen LogP contribution in [0.5, 0.6) is 5.75 Å². The third-order valence-electron chi connectivity index (χ3n) is 7.16. The van der Waals surface area contributed by atoms with Crippen LogP contribution in [0.2, 0.25) is 0 Å². The smallest absolute Gasteiger partial charge is 0.242 e. The van der Waals surface area contributed by atoms with Gasteiger partial charge in [-0.3, -0.25) is 14.2 Å². The molecule has 2 amide bonds. The molecule has 0 saturated heterocycles. The molecule has 7 nitrogen and oxygen atoms in total. The first kappa shape index (κ1) is 32.1. The van der Waals surface area contributed by atoms with Crippen LogP contribution in [0.4, 0.5) is 0 Å². The Hall–Kier alpha value is -3.41. The van der Waals surface area contributed by atoms with E-state index in [1.165, 1.54) is 7.05 Å². The molecule has 3 aromatic rings. The molecule has 0 bridgehead atoms. The maximum absolute atomic E-state index is 13.5. The SMILES string of the molecule is CNC(=O)[C@@H](NC(=O)C(CCc1ccccc1)CP(=O)(O)Cc1ccc(Cc2cccc(OC)c2)cc1)C(C)(C)C. The van der Waals surface area contributed by atoms with Gasteiger partial charge in [0, 0.05) is 25.3 Å². The van der Waals surface area contributed by atoms with Crippen molar-refractivity contribution in [2.24, 2.45) is 11.3 Å². The van der Waals surface area contributed by atoms with Gasteiger partial charge in [-0.25, -0.2) is 0 Å². The van der Waals surface area contributed by atoms with Gasteiger partial charge in [0.05, 0.1) is 7.11 Å². The molecule has 3 rings (SSSR count). The van der Waals surface area contributed by atoms with Crippen molar-refractivity contribution in [3.63, 3.8) is 0 Å². The van der Waals surface area contributed by atoms with Crippen LogP contribution in [0.25, 0.3) is 0 Å². The Balaban J connectivity index is 1.73. The minimum atomic E-state index is -3.73. The van der Waals surface area contributed by atoms with Crippen molar-refractivity contribution in [2.75, 3.05) is 20.3 Å². The number of carbonyl (C=O) groups excluding carboxylic acids is 2. The summed E-state index contributed by atoms with van der Waals surface area (Å²) >= 11 is 0. The minimum Gasteiger partial charge on any atom is -0.497 e. The molecule has 220 valence electrons. The van der Waals surface area contributed by atoms with Crippen LogP contribution in [0, 0.1) is 11.3 Å². The van der Waals surface area contributed by atoms with Crippen molar-refractivity contribution < 1.29 is 23.8 Å². The highest BCUT2D eigenvalue weighted by Crippen LogP contribution is 2.47. The van der Waals surface area contributed by atoms with E-state index in [4.69, 9.17) is 4.74 Å². The number of methoxy groups -OCH3 is 1. The lowest BCUT2D eigenvalue weighted by atomic mass is 9.85. The van der Waals surface area contributed by atoms with E-state index >= 15 is 0 Å². The fraction of sp³-hybridized carbons (Fsp3) is 0.394. The standard InChI is InChI=1S/C33H43N2O5P/c1-33(2,3)30(32(37)34-4)35-31(36)28(19-18-24-10-7-6-8-11-24)23-41(38,39)22-26-16-14-25(15-17-26)20-27-12-9-13-29(21-27)40-5/h6-17,21,28,30H,18-20,22-23H2,1-5H3,(H,34,37)(H,35,36)(H,38,39)/t28?,30-/m1/s1. The normalized spacial score (nSPS) is 14.4. The lowest BCUT2D eigenvalue weighted by Gasteiger charge is -2.31. The third-order valence-corrected chi connectivity index (χ3v) is 9.03. The molecule has 0 radical (unpaired) electrons. The molecule has 0 aliphatic carbocycles. The molecule has 8 heteroatoms. The molecule has 2 unspecified atom stereocenters. The molecule has 3 aromatic carbocycles. The summed E-state index contributed by atoms with van der Waals surface area (Å²) in [6, 6.07) is 24.5. The molecule has 3 atom stereocenters. The second-order valence-electron chi connectivity index (χ2n) is 11.7. The van der Waals surface area contributed by atoms with E-state index in [0.717, 1.165) is 34.4 Å². The van der Waals surface area contributed by atoms with Crippen molar-refractivity contribution >= 4 is 19.2 Å². The molecule has 0 aliphatic rings. The van der Waals surface area contributed by atoms with Crippen molar-refractivity contribution in [1.29, 1.82) is 0 Å². The Morgan fingerprint density at radius 1 is 0.878 bits per heavy atom. The van der Waals surface area contributed by atoms with Gasteiger partial charge < -0.3 is 20.3 Å². The number of carbonyl (C=O) groups is 2. The largest absolute Gasteiger partial charge is 0.497 e. The Kier molecular flexibility index (Phi) is 11.3. The van der Waals surface area contributed by atoms with E-state index in [9.17, 15) is 19.0 Å². The van der Waals surface area contributed by atoms with Gasteiger partial charge in [0.1, 0.15) is 11.8 Å². The zero-order valence-electron chi connectivity index (χ0n) is 24.7. The fourth-order valence-corrected chi connectivity index (χ4v) is 6.79. The molecular weight excluding hydrogens is 535 g/mol. The van der Waals surface area contributed by atoms with Crippen LogP contribution >= 0.6 is 7.37 Å². The highest BCUT2D eigenvalue weighted by molar-refractivity contribution is 7.57. The molecular formula is C33H43N2O5P. The van der Waals surface area contributed by atoms with Gasteiger partial charge in [0.15, 0.2) is 0 Å². The number of amides is 2. The molecule has 0 saturated carbocycles. The van der Waals surface area contributed by atoms with E-state index in [2.05, 4.69) is 10.6 Å². The summed E-state index contributed by atoms with van der Waals surface area (Å²) in [4.78, 5) is 37.1. The number of aryl methyl sites for hydroxylation is 1. The van der Waals surface area contributed by atoms with Crippen LogP contribution in [0.15, 0.2) is 78.9 Å². The van der Waals surface area contributed by atoms with Crippen LogP contribution in [-0.4, -0.2) is 43.1 Å². The van der Waals surface area contributed by atoms with Crippen molar-refractivity contribution in [1.82, 2.24) is 10.6 Å². The summed E-state index contributed by atoms with van der Waals surface area (Å²) < 4.78 is 18.8. The molecule has 0 aromatic heterocycles. The number of hydrogen-bond acceptors (Lipinski definition) is 4. The van der Waals surface area contributed by atoms with E-state index in [1.54, 1.807) is 7.11 Å². The first-order chi connectivity index (χ1) is 19.4. The van der Waals surface area contributed by atoms with E-state index in [-0.39, 0.29) is 24.1 Å². The first-order valence-corrected chi connectivity index (χ1v) is 16.0. The second kappa shape index (κ2) is 14.5. The van der Waals surface area contributed by atoms with E-state index in [0.29, 0.717) is 12.8 Å². The second-order valence-corrected chi connectivity index (χ2v) is 14.0. The Morgan fingerprint density at radius 3 is 2.12 bits per heavy atom. The average Bonchev–Trinajstić information content (AvgIpc) is 2.94. The number of rotatable bonds is 13. The van der Waals surface area contributed by atoms with Crippen molar-refractivity contribution in [3.05, 3.63) is 101 Å². The number of nitrogens with one attached hydrogen (secondary N) is 2. The van der Waals surface area contributed by atoms with Gasteiger partial charge >= 0.3 is 0 Å². The molecule has 0 spiro atoms. The quantitative estimate of drug-likeness (QED) is 0.230. The first-order valence-electron chi connectivity index (χ1n) is 14.0. The minimum absolute atomic E-state index is 0.0281. The van der Waals surface area contributed by atoms with Gasteiger partial charge in [-0.2, -0.15) is 0 Å². The number of likely N-dealkylation sites (N-methyl/N-ethyl adjacent to an activating group) is 1. The Labute approximate surface area is 244 Å². The number of ether oxygens (including phenoxy) is 1. The topological polar surface area (TPSA) is 105 Å². The van der Waals surface area contributed by atoms with Crippen LogP contribution in [-0.2, 0) is 33.2 Å². The fourth-order valence-electron chi connectivity index (χ4n) is 4.85. The van der Waals surface area contributed by atoms with Gasteiger partial charge in [0.2, 0.25) is 19.2 Å². The Morgan fingerprint density at radius 2 is 1.51 bits per heavy atom. The van der Waals surface area contributed by atoms with Gasteiger partial charge in [0.25, 0.3) is 0 Å². The Bertz CT molecular complexity index is 1340. The molecule has 0 heterocycles. The zero-order chi connectivity index (χ0) is 30.0. The predicted molar refractivity (Wildman–Crippen MR) is 164 cm³/mol. The van der Waals surface area contributed by atoms with E-state index in [1.807, 2.05) is 99.6 Å². The molecule has 0 aliphatic heterocycles. The maximum atomic E-state index is 13.5. The number of benzene rings is 3. The predicted octanol–water partition coefficient (Wildman–Crippen LogP) is 5.58. The molecule has 41 heavy (non-hydrogen) atoms. The van der Waals surface area contributed by atoms with Crippen LogP contribution in [0.1, 0.15) is 49.4 Å². The summed E-state index contributed by atoms with van der Waals surface area (Å²) in [7, 11) is -0.558. The van der Waals surface area contributed by atoms with Crippen molar-refractivity contribution in [2.45, 2.75) is 52.2 Å². The van der Waals surface area contributed by atoms with Gasteiger partial charge in [-0.1, -0.05) is 87.5 Å². The third kappa shape index (κ3) is 10.2. The summed E-state index contributed by atoms with van der Waals surface area (Å²) in [6.45, 7) is 5.63.